The lowest BCUT2D eigenvalue weighted by molar-refractivity contribution is -0.149. The molecule has 2 atom stereocenters. The molecule has 0 bridgehead atoms. The molecule has 0 spiro atoms. The van der Waals surface area contributed by atoms with Crippen LogP contribution in [0.3, 0.4) is 0 Å². The van der Waals surface area contributed by atoms with Crippen molar-refractivity contribution in [3.8, 4) is 0 Å². The molecule has 2 amide bonds. The molecule has 0 aromatic heterocycles. The van der Waals surface area contributed by atoms with Gasteiger partial charge in [0.05, 0.1) is 6.61 Å². The van der Waals surface area contributed by atoms with Gasteiger partial charge in [0.15, 0.2) is 5.54 Å². The standard InChI is InChI=1S/C16H21FN2O4/c1-15(2,3)12-19(14(22)18-4)16(9-23-12,13(20)21)10-6-5-7-11(17)8-10/h5-8,12H,9H2,1-4H3,(H,18,22)(H,20,21). The summed E-state index contributed by atoms with van der Waals surface area (Å²) in [5, 5.41) is 12.3. The third kappa shape index (κ3) is 2.76. The summed E-state index contributed by atoms with van der Waals surface area (Å²) in [7, 11) is 1.42. The van der Waals surface area contributed by atoms with E-state index in [1.807, 2.05) is 20.8 Å². The van der Waals surface area contributed by atoms with Gasteiger partial charge < -0.3 is 15.2 Å². The number of carboxylic acid groups (broad SMARTS) is 1. The topological polar surface area (TPSA) is 78.9 Å². The molecule has 0 aliphatic carbocycles. The van der Waals surface area contributed by atoms with Crippen LogP contribution in [0.15, 0.2) is 24.3 Å². The summed E-state index contributed by atoms with van der Waals surface area (Å²) in [4.78, 5) is 25.7. The van der Waals surface area contributed by atoms with E-state index in [0.29, 0.717) is 0 Å². The lowest BCUT2D eigenvalue weighted by atomic mass is 9.86. The van der Waals surface area contributed by atoms with Crippen molar-refractivity contribution < 1.29 is 23.8 Å². The summed E-state index contributed by atoms with van der Waals surface area (Å²) in [6.07, 6.45) is -0.762. The Labute approximate surface area is 134 Å². The Balaban J connectivity index is 2.66. The average molecular weight is 324 g/mol. The molecule has 1 aliphatic rings. The van der Waals surface area contributed by atoms with Gasteiger partial charge in [-0.15, -0.1) is 0 Å². The van der Waals surface area contributed by atoms with Gasteiger partial charge >= 0.3 is 12.0 Å². The third-order valence-corrected chi connectivity index (χ3v) is 3.93. The number of ether oxygens (including phenoxy) is 1. The number of carboxylic acids is 1. The van der Waals surface area contributed by atoms with Crippen LogP contribution in [-0.4, -0.2) is 41.9 Å². The number of nitrogens with one attached hydrogen (secondary N) is 1. The van der Waals surface area contributed by atoms with Crippen LogP contribution in [0.5, 0.6) is 0 Å². The van der Waals surface area contributed by atoms with Crippen LogP contribution in [0.1, 0.15) is 26.3 Å². The van der Waals surface area contributed by atoms with E-state index in [4.69, 9.17) is 4.74 Å². The fourth-order valence-corrected chi connectivity index (χ4v) is 2.84. The largest absolute Gasteiger partial charge is 0.479 e. The van der Waals surface area contributed by atoms with Crippen molar-refractivity contribution in [3.05, 3.63) is 35.6 Å². The van der Waals surface area contributed by atoms with E-state index in [1.54, 1.807) is 0 Å². The Kier molecular flexibility index (Phi) is 4.34. The van der Waals surface area contributed by atoms with Crippen molar-refractivity contribution in [2.75, 3.05) is 13.7 Å². The summed E-state index contributed by atoms with van der Waals surface area (Å²) in [5.41, 5.74) is -2.13. The summed E-state index contributed by atoms with van der Waals surface area (Å²) in [6.45, 7) is 5.28. The second-order valence-electron chi connectivity index (χ2n) is 6.63. The van der Waals surface area contributed by atoms with Crippen molar-refractivity contribution in [1.82, 2.24) is 10.2 Å². The number of rotatable bonds is 2. The highest BCUT2D eigenvalue weighted by atomic mass is 19.1. The van der Waals surface area contributed by atoms with Crippen molar-refractivity contribution in [2.45, 2.75) is 32.5 Å². The first kappa shape index (κ1) is 17.2. The molecular weight excluding hydrogens is 303 g/mol. The molecule has 0 radical (unpaired) electrons. The van der Waals surface area contributed by atoms with Crippen LogP contribution in [0.4, 0.5) is 9.18 Å². The highest BCUT2D eigenvalue weighted by Gasteiger charge is 2.59. The van der Waals surface area contributed by atoms with E-state index in [0.717, 1.165) is 11.0 Å². The van der Waals surface area contributed by atoms with Gasteiger partial charge in [-0.25, -0.2) is 14.0 Å². The summed E-state index contributed by atoms with van der Waals surface area (Å²) in [5.74, 6) is -1.84. The number of aliphatic carboxylic acids is 1. The quantitative estimate of drug-likeness (QED) is 0.874. The zero-order valence-corrected chi connectivity index (χ0v) is 13.6. The first-order chi connectivity index (χ1) is 10.6. The molecule has 1 aliphatic heterocycles. The Morgan fingerprint density at radius 3 is 2.57 bits per heavy atom. The van der Waals surface area contributed by atoms with Gasteiger partial charge in [-0.05, 0) is 17.7 Å². The molecule has 2 N–H and O–H groups in total. The molecule has 2 rings (SSSR count). The predicted molar refractivity (Wildman–Crippen MR) is 81.2 cm³/mol. The smallest absolute Gasteiger partial charge is 0.336 e. The maximum Gasteiger partial charge on any atom is 0.336 e. The molecule has 1 heterocycles. The van der Waals surface area contributed by atoms with Gasteiger partial charge in [0, 0.05) is 12.5 Å². The molecule has 0 saturated carbocycles. The van der Waals surface area contributed by atoms with Gasteiger partial charge in [0.2, 0.25) is 0 Å². The van der Waals surface area contributed by atoms with E-state index in [9.17, 15) is 19.1 Å². The number of hydrogen-bond acceptors (Lipinski definition) is 3. The van der Waals surface area contributed by atoms with Gasteiger partial charge in [-0.3, -0.25) is 4.90 Å². The number of amides is 2. The number of benzene rings is 1. The molecule has 1 fully saturated rings. The molecule has 1 saturated heterocycles. The molecule has 1 aromatic rings. The fourth-order valence-electron chi connectivity index (χ4n) is 2.84. The average Bonchev–Trinajstić information content (AvgIpc) is 2.88. The molecule has 7 heteroatoms. The lowest BCUT2D eigenvalue weighted by Crippen LogP contribution is -2.59. The van der Waals surface area contributed by atoms with Gasteiger partial charge in [0.25, 0.3) is 0 Å². The Hall–Kier alpha value is -2.15. The lowest BCUT2D eigenvalue weighted by Gasteiger charge is -2.39. The van der Waals surface area contributed by atoms with Crippen molar-refractivity contribution in [2.24, 2.45) is 5.41 Å². The van der Waals surface area contributed by atoms with Crippen LogP contribution < -0.4 is 5.32 Å². The monoisotopic (exact) mass is 324 g/mol. The summed E-state index contributed by atoms with van der Waals surface area (Å²) in [6, 6.07) is 4.66. The summed E-state index contributed by atoms with van der Waals surface area (Å²) < 4.78 is 19.3. The Morgan fingerprint density at radius 2 is 2.09 bits per heavy atom. The minimum atomic E-state index is -1.78. The highest BCUT2D eigenvalue weighted by Crippen LogP contribution is 2.43. The molecule has 126 valence electrons. The fraction of sp³-hybridized carbons (Fsp3) is 0.500. The maximum absolute atomic E-state index is 13.6. The van der Waals surface area contributed by atoms with E-state index in [1.165, 1.54) is 25.2 Å². The van der Waals surface area contributed by atoms with Crippen molar-refractivity contribution in [1.29, 1.82) is 0 Å². The molecule has 23 heavy (non-hydrogen) atoms. The van der Waals surface area contributed by atoms with Gasteiger partial charge in [0.1, 0.15) is 12.0 Å². The molecule has 2 unspecified atom stereocenters. The first-order valence-electron chi connectivity index (χ1n) is 7.26. The minimum Gasteiger partial charge on any atom is -0.479 e. The SMILES string of the molecule is CNC(=O)N1C(C(C)(C)C)OCC1(C(=O)O)c1cccc(F)c1. The van der Waals surface area contributed by atoms with Crippen LogP contribution in [0, 0.1) is 11.2 Å². The number of nitrogens with zero attached hydrogens (tertiary/aromatic N) is 1. The third-order valence-electron chi connectivity index (χ3n) is 3.93. The zero-order chi connectivity index (χ0) is 17.4. The van der Waals surface area contributed by atoms with E-state index in [-0.39, 0.29) is 12.2 Å². The van der Waals surface area contributed by atoms with Crippen LogP contribution in [0.2, 0.25) is 0 Å². The van der Waals surface area contributed by atoms with Crippen LogP contribution in [0.25, 0.3) is 0 Å². The Morgan fingerprint density at radius 1 is 1.43 bits per heavy atom. The second kappa shape index (κ2) is 5.81. The predicted octanol–water partition coefficient (Wildman–Crippen LogP) is 2.15. The Bertz CT molecular complexity index is 629. The first-order valence-corrected chi connectivity index (χ1v) is 7.26. The molecule has 6 nitrogen and oxygen atoms in total. The highest BCUT2D eigenvalue weighted by molar-refractivity contribution is 5.88. The minimum absolute atomic E-state index is 0.167. The summed E-state index contributed by atoms with van der Waals surface area (Å²) >= 11 is 0. The molecular formula is C16H21FN2O4. The van der Waals surface area contributed by atoms with E-state index >= 15 is 0 Å². The molecule has 1 aromatic carbocycles. The number of halogens is 1. The second-order valence-corrected chi connectivity index (χ2v) is 6.63. The number of urea groups is 1. The maximum atomic E-state index is 13.6. The van der Waals surface area contributed by atoms with Gasteiger partial charge in [-0.1, -0.05) is 32.9 Å². The van der Waals surface area contributed by atoms with Gasteiger partial charge in [-0.2, -0.15) is 0 Å². The van der Waals surface area contributed by atoms with Crippen LogP contribution >= 0.6 is 0 Å². The number of carbonyl (C=O) groups excluding carboxylic acids is 1. The van der Waals surface area contributed by atoms with Crippen LogP contribution in [-0.2, 0) is 15.1 Å². The van der Waals surface area contributed by atoms with E-state index in [2.05, 4.69) is 5.32 Å². The van der Waals surface area contributed by atoms with Crippen molar-refractivity contribution in [3.63, 3.8) is 0 Å². The zero-order valence-electron chi connectivity index (χ0n) is 13.6. The number of carbonyl (C=O) groups is 2. The van der Waals surface area contributed by atoms with Crippen molar-refractivity contribution >= 4 is 12.0 Å². The normalized spacial score (nSPS) is 24.6. The van der Waals surface area contributed by atoms with E-state index < -0.39 is 35.0 Å². The number of hydrogen-bond donors (Lipinski definition) is 2.